The minimum absolute atomic E-state index is 0.00470. The molecule has 220 valence electrons. The first-order valence-corrected chi connectivity index (χ1v) is 13.0. The summed E-state index contributed by atoms with van der Waals surface area (Å²) in [6.07, 6.45) is -1.16. The van der Waals surface area contributed by atoms with Crippen LogP contribution in [0.15, 0.2) is 53.0 Å². The van der Waals surface area contributed by atoms with E-state index in [1.54, 1.807) is 31.1 Å². The molecule has 3 aliphatic rings. The lowest BCUT2D eigenvalue weighted by Crippen LogP contribution is -2.57. The number of Topliss-reactive ketones (excluding diaryl/α,β-unsaturated/α-hetero) is 2. The SMILES string of the molecule is COc1ccc(OC(=O)Nc2cc(N(C)C)c3c(c2O)C(=O)C2=C(O)[C@]4(O)C(=O)C(C(N)=O)=C(O)C[C@@H]4C[C@@H]2C3)cc1. The Kier molecular flexibility index (Phi) is 6.85. The van der Waals surface area contributed by atoms with Crippen molar-refractivity contribution in [2.24, 2.45) is 17.6 Å². The summed E-state index contributed by atoms with van der Waals surface area (Å²) in [5.41, 5.74) is 1.91. The first-order valence-electron chi connectivity index (χ1n) is 13.0. The van der Waals surface area contributed by atoms with Crippen molar-refractivity contribution in [2.75, 3.05) is 31.4 Å². The van der Waals surface area contributed by atoms with Crippen LogP contribution in [-0.4, -0.2) is 70.8 Å². The lowest BCUT2D eigenvalue weighted by molar-refractivity contribution is -0.144. The number of rotatable bonds is 5. The molecule has 0 saturated heterocycles. The molecule has 0 unspecified atom stereocenters. The number of ketones is 2. The quantitative estimate of drug-likeness (QED) is 0.223. The topological polar surface area (TPSA) is 209 Å². The largest absolute Gasteiger partial charge is 0.511 e. The average molecular weight is 580 g/mol. The second-order valence-electron chi connectivity index (χ2n) is 10.6. The number of phenolic OH excluding ortho intramolecular Hbond substituents is 1. The molecule has 0 spiro atoms. The van der Waals surface area contributed by atoms with E-state index < -0.39 is 63.8 Å². The first-order chi connectivity index (χ1) is 19.8. The van der Waals surface area contributed by atoms with E-state index in [1.165, 1.54) is 25.3 Å². The molecule has 0 fully saturated rings. The van der Waals surface area contributed by atoms with Crippen LogP contribution in [0, 0.1) is 11.8 Å². The maximum Gasteiger partial charge on any atom is 0.417 e. The number of carbonyl (C=O) groups excluding carboxylic acids is 4. The Morgan fingerprint density at radius 2 is 1.71 bits per heavy atom. The average Bonchev–Trinajstić information content (AvgIpc) is 2.92. The molecule has 0 radical (unpaired) electrons. The number of carbonyl (C=O) groups is 4. The minimum Gasteiger partial charge on any atom is -0.511 e. The van der Waals surface area contributed by atoms with Crippen molar-refractivity contribution in [3.63, 3.8) is 0 Å². The number of allylic oxidation sites excluding steroid dienone is 2. The number of hydrogen-bond donors (Lipinski definition) is 6. The number of phenols is 1. The normalized spacial score (nSPS) is 23.0. The zero-order valence-corrected chi connectivity index (χ0v) is 22.9. The van der Waals surface area contributed by atoms with Gasteiger partial charge in [0.2, 0.25) is 5.78 Å². The third-order valence-electron chi connectivity index (χ3n) is 8.03. The molecule has 42 heavy (non-hydrogen) atoms. The molecule has 2 aromatic carbocycles. The van der Waals surface area contributed by atoms with Crippen LogP contribution in [0.1, 0.15) is 28.8 Å². The van der Waals surface area contributed by atoms with Crippen molar-refractivity contribution in [2.45, 2.75) is 24.9 Å². The van der Waals surface area contributed by atoms with Gasteiger partial charge in [-0.1, -0.05) is 0 Å². The zero-order chi connectivity index (χ0) is 30.7. The molecular weight excluding hydrogens is 550 g/mol. The van der Waals surface area contributed by atoms with E-state index in [4.69, 9.17) is 15.2 Å². The molecule has 0 bridgehead atoms. The van der Waals surface area contributed by atoms with Crippen LogP contribution in [0.2, 0.25) is 0 Å². The number of aliphatic hydroxyl groups excluding tert-OH is 2. The molecule has 0 heterocycles. The summed E-state index contributed by atoms with van der Waals surface area (Å²) in [5.74, 6) is -6.61. The summed E-state index contributed by atoms with van der Waals surface area (Å²) < 4.78 is 10.3. The fraction of sp³-hybridized carbons (Fsp3) is 0.310. The third kappa shape index (κ3) is 4.29. The van der Waals surface area contributed by atoms with Crippen LogP contribution in [0.3, 0.4) is 0 Å². The van der Waals surface area contributed by atoms with Crippen LogP contribution >= 0.6 is 0 Å². The lowest BCUT2D eigenvalue weighted by Gasteiger charge is -2.45. The van der Waals surface area contributed by atoms with Crippen LogP contribution in [0.25, 0.3) is 0 Å². The summed E-state index contributed by atoms with van der Waals surface area (Å²) in [6.45, 7) is 0. The van der Waals surface area contributed by atoms with Gasteiger partial charge in [-0.05, 0) is 54.7 Å². The summed E-state index contributed by atoms with van der Waals surface area (Å²) in [5, 5.41) is 46.6. The molecule has 2 aromatic rings. The number of hydrogen-bond acceptors (Lipinski definition) is 11. The first kappa shape index (κ1) is 28.5. The molecule has 13 heteroatoms. The summed E-state index contributed by atoms with van der Waals surface area (Å²) >= 11 is 0. The molecule has 0 aromatic heterocycles. The fourth-order valence-corrected chi connectivity index (χ4v) is 6.05. The minimum atomic E-state index is -2.67. The second kappa shape index (κ2) is 10.1. The number of primary amides is 1. The van der Waals surface area contributed by atoms with Crippen molar-refractivity contribution < 1.29 is 49.1 Å². The monoisotopic (exact) mass is 579 g/mol. The van der Waals surface area contributed by atoms with Gasteiger partial charge in [0.25, 0.3) is 5.91 Å². The van der Waals surface area contributed by atoms with Crippen LogP contribution < -0.4 is 25.4 Å². The number of nitrogens with zero attached hydrogens (tertiary/aromatic N) is 1. The number of aliphatic hydroxyl groups is 3. The molecule has 0 saturated carbocycles. The highest BCUT2D eigenvalue weighted by Crippen LogP contribution is 2.53. The predicted molar refractivity (Wildman–Crippen MR) is 148 cm³/mol. The number of amides is 2. The summed E-state index contributed by atoms with van der Waals surface area (Å²) in [6, 6.07) is 7.65. The molecule has 2 amide bonds. The summed E-state index contributed by atoms with van der Waals surface area (Å²) in [7, 11) is 4.89. The molecule has 3 atom stereocenters. The van der Waals surface area contributed by atoms with Gasteiger partial charge >= 0.3 is 6.09 Å². The van der Waals surface area contributed by atoms with Gasteiger partial charge in [0, 0.05) is 37.7 Å². The molecular formula is C29H29N3O10. The van der Waals surface area contributed by atoms with Gasteiger partial charge < -0.3 is 40.5 Å². The fourth-order valence-electron chi connectivity index (χ4n) is 6.05. The Labute approximate surface area is 239 Å². The molecule has 7 N–H and O–H groups in total. The number of benzene rings is 2. The Hall–Kier alpha value is -5.04. The second-order valence-corrected chi connectivity index (χ2v) is 10.6. The number of methoxy groups -OCH3 is 1. The van der Waals surface area contributed by atoms with Crippen LogP contribution in [0.4, 0.5) is 16.2 Å². The third-order valence-corrected chi connectivity index (χ3v) is 8.03. The van der Waals surface area contributed by atoms with Crippen molar-refractivity contribution in [3.05, 3.63) is 64.1 Å². The highest BCUT2D eigenvalue weighted by molar-refractivity contribution is 6.24. The van der Waals surface area contributed by atoms with Gasteiger partial charge in [-0.2, -0.15) is 0 Å². The highest BCUT2D eigenvalue weighted by Gasteiger charge is 2.59. The van der Waals surface area contributed by atoms with E-state index in [0.717, 1.165) is 0 Å². The molecule has 13 nitrogen and oxygen atoms in total. The molecule has 3 aliphatic carbocycles. The van der Waals surface area contributed by atoms with Gasteiger partial charge in [0.15, 0.2) is 17.1 Å². The van der Waals surface area contributed by atoms with Crippen molar-refractivity contribution in [3.8, 4) is 17.2 Å². The van der Waals surface area contributed by atoms with Gasteiger partial charge in [0.1, 0.15) is 28.6 Å². The Bertz CT molecular complexity index is 1610. The lowest BCUT2D eigenvalue weighted by atomic mass is 9.60. The highest BCUT2D eigenvalue weighted by atomic mass is 16.6. The van der Waals surface area contributed by atoms with Crippen molar-refractivity contribution in [1.82, 2.24) is 0 Å². The predicted octanol–water partition coefficient (Wildman–Crippen LogP) is 2.27. The maximum absolute atomic E-state index is 13.9. The maximum atomic E-state index is 13.9. The number of aromatic hydroxyl groups is 1. The van der Waals surface area contributed by atoms with Gasteiger partial charge in [-0.25, -0.2) is 4.79 Å². The van der Waals surface area contributed by atoms with E-state index in [-0.39, 0.29) is 41.8 Å². The molecule has 0 aliphatic heterocycles. The smallest absolute Gasteiger partial charge is 0.417 e. The van der Waals surface area contributed by atoms with E-state index in [2.05, 4.69) is 5.32 Å². The van der Waals surface area contributed by atoms with E-state index in [9.17, 15) is 39.6 Å². The van der Waals surface area contributed by atoms with Gasteiger partial charge in [-0.15, -0.1) is 0 Å². The van der Waals surface area contributed by atoms with Crippen LogP contribution in [-0.2, 0) is 16.0 Å². The van der Waals surface area contributed by atoms with E-state index in [0.29, 0.717) is 17.0 Å². The number of nitrogens with two attached hydrogens (primary N) is 1. The van der Waals surface area contributed by atoms with Gasteiger partial charge in [0.05, 0.1) is 18.4 Å². The molecule has 5 rings (SSSR count). The number of nitrogens with one attached hydrogen (secondary N) is 1. The number of anilines is 2. The summed E-state index contributed by atoms with van der Waals surface area (Å²) in [4.78, 5) is 53.3. The Morgan fingerprint density at radius 1 is 1.07 bits per heavy atom. The standard InChI is InChI=1S/C29H29N3O10/c1-32(2)18-11-17(31-28(39)42-15-6-4-14(41-3)5-7-15)23(34)21-16(18)9-12-8-13-10-19(33)22(27(30)38)26(37)29(13,40)25(36)20(12)24(21)35/h4-7,11-13,33-34,36,40H,8-10H2,1-3H3,(H2,30,38)(H,31,39)/t12-,13+,29+/m1/s1. The Morgan fingerprint density at radius 3 is 2.31 bits per heavy atom. The van der Waals surface area contributed by atoms with E-state index in [1.807, 2.05) is 0 Å². The number of ether oxygens (including phenoxy) is 2. The van der Waals surface area contributed by atoms with Crippen LogP contribution in [0.5, 0.6) is 17.2 Å². The van der Waals surface area contributed by atoms with Gasteiger partial charge in [-0.3, -0.25) is 19.7 Å². The Balaban J connectivity index is 1.56. The number of fused-ring (bicyclic) bond motifs is 3. The van der Waals surface area contributed by atoms with Crippen molar-refractivity contribution in [1.29, 1.82) is 0 Å². The zero-order valence-electron chi connectivity index (χ0n) is 22.9. The van der Waals surface area contributed by atoms with E-state index >= 15 is 0 Å². The van der Waals surface area contributed by atoms with Crippen molar-refractivity contribution >= 4 is 34.9 Å².